The first-order valence-electron chi connectivity index (χ1n) is 7.00. The molecule has 0 saturated carbocycles. The van der Waals surface area contributed by atoms with Crippen LogP contribution in [-0.4, -0.2) is 23.5 Å². The summed E-state index contributed by atoms with van der Waals surface area (Å²) >= 11 is 9.32. The van der Waals surface area contributed by atoms with E-state index < -0.39 is 17.6 Å². The highest BCUT2D eigenvalue weighted by Gasteiger charge is 2.30. The predicted octanol–water partition coefficient (Wildman–Crippen LogP) is 4.20. The topological polar surface area (TPSA) is 55.4 Å². The molecule has 0 aliphatic carbocycles. The molecule has 0 fully saturated rings. The highest BCUT2D eigenvalue weighted by molar-refractivity contribution is 9.10. The molecule has 1 rings (SSSR count). The van der Waals surface area contributed by atoms with Crippen LogP contribution in [0.2, 0.25) is 5.02 Å². The molecule has 0 heterocycles. The van der Waals surface area contributed by atoms with E-state index in [2.05, 4.69) is 21.2 Å². The number of hydrogen-bond acceptors (Lipinski definition) is 3. The monoisotopic (exact) mass is 389 g/mol. The lowest BCUT2D eigenvalue weighted by atomic mass is 10.0. The lowest BCUT2D eigenvalue weighted by Crippen LogP contribution is -2.48. The Kier molecular flexibility index (Phi) is 6.44. The summed E-state index contributed by atoms with van der Waals surface area (Å²) in [6, 6.07) is 5.01. The third-order valence-electron chi connectivity index (χ3n) is 2.76. The van der Waals surface area contributed by atoms with Crippen molar-refractivity contribution in [1.29, 1.82) is 0 Å². The summed E-state index contributed by atoms with van der Waals surface area (Å²) in [5.41, 5.74) is -0.180. The minimum absolute atomic E-state index is 0.160. The first-order valence-corrected chi connectivity index (χ1v) is 8.17. The number of carbonyl (C=O) groups is 2. The van der Waals surface area contributed by atoms with E-state index in [1.54, 1.807) is 18.2 Å². The minimum atomic E-state index is -0.880. The second kappa shape index (κ2) is 7.47. The molecule has 0 radical (unpaired) electrons. The summed E-state index contributed by atoms with van der Waals surface area (Å²) in [6.07, 6.45) is -0.880. The number of rotatable bonds is 4. The van der Waals surface area contributed by atoms with Crippen molar-refractivity contribution in [2.75, 3.05) is 0 Å². The number of amides is 1. The standard InChI is InChI=1S/C16H21BrClNO3/c1-9(2)13(14(20)19-16(3,4)5)22-15(21)12-10(17)7-6-8-11(12)18/h6-9,13H,1-5H3,(H,19,20). The summed E-state index contributed by atoms with van der Waals surface area (Å²) in [7, 11) is 0. The first kappa shape index (κ1) is 19.0. The molecule has 1 unspecified atom stereocenters. The van der Waals surface area contributed by atoms with E-state index in [-0.39, 0.29) is 22.4 Å². The number of nitrogens with one attached hydrogen (secondary N) is 1. The van der Waals surface area contributed by atoms with E-state index in [0.717, 1.165) is 0 Å². The van der Waals surface area contributed by atoms with E-state index in [1.807, 2.05) is 34.6 Å². The van der Waals surface area contributed by atoms with Gasteiger partial charge in [-0.3, -0.25) is 4.79 Å². The van der Waals surface area contributed by atoms with E-state index in [0.29, 0.717) is 4.47 Å². The van der Waals surface area contributed by atoms with Gasteiger partial charge in [-0.25, -0.2) is 4.79 Å². The lowest BCUT2D eigenvalue weighted by molar-refractivity contribution is -0.133. The quantitative estimate of drug-likeness (QED) is 0.784. The van der Waals surface area contributed by atoms with E-state index in [9.17, 15) is 9.59 Å². The van der Waals surface area contributed by atoms with Gasteiger partial charge in [0.2, 0.25) is 0 Å². The third-order valence-corrected chi connectivity index (χ3v) is 3.74. The highest BCUT2D eigenvalue weighted by Crippen LogP contribution is 2.26. The zero-order valence-electron chi connectivity index (χ0n) is 13.4. The Labute approximate surface area is 144 Å². The third kappa shape index (κ3) is 5.29. The van der Waals surface area contributed by atoms with Gasteiger partial charge in [0, 0.05) is 10.0 Å². The Bertz CT molecular complexity index is 547. The molecule has 6 heteroatoms. The maximum absolute atomic E-state index is 12.4. The molecule has 0 spiro atoms. The molecule has 122 valence electrons. The lowest BCUT2D eigenvalue weighted by Gasteiger charge is -2.27. The van der Waals surface area contributed by atoms with Gasteiger partial charge in [-0.1, -0.05) is 31.5 Å². The number of hydrogen-bond donors (Lipinski definition) is 1. The molecule has 1 aromatic rings. The second-order valence-corrected chi connectivity index (χ2v) is 7.67. The maximum atomic E-state index is 12.4. The molecule has 1 amide bonds. The fraction of sp³-hybridized carbons (Fsp3) is 0.500. The molecule has 22 heavy (non-hydrogen) atoms. The van der Waals surface area contributed by atoms with Gasteiger partial charge < -0.3 is 10.1 Å². The Balaban J connectivity index is 2.97. The zero-order chi connectivity index (χ0) is 17.1. The fourth-order valence-corrected chi connectivity index (χ4v) is 2.69. The summed E-state index contributed by atoms with van der Waals surface area (Å²) < 4.78 is 5.93. The van der Waals surface area contributed by atoms with E-state index in [4.69, 9.17) is 16.3 Å². The van der Waals surface area contributed by atoms with Crippen molar-refractivity contribution in [3.63, 3.8) is 0 Å². The van der Waals surface area contributed by atoms with Crippen molar-refractivity contribution in [2.24, 2.45) is 5.92 Å². The smallest absolute Gasteiger partial charge is 0.341 e. The largest absolute Gasteiger partial charge is 0.448 e. The van der Waals surface area contributed by atoms with Crippen LogP contribution in [0.25, 0.3) is 0 Å². The molecule has 0 aromatic heterocycles. The van der Waals surface area contributed by atoms with Gasteiger partial charge in [0.15, 0.2) is 6.10 Å². The van der Waals surface area contributed by atoms with Gasteiger partial charge >= 0.3 is 5.97 Å². The van der Waals surface area contributed by atoms with Crippen LogP contribution in [0.5, 0.6) is 0 Å². The van der Waals surface area contributed by atoms with Crippen molar-refractivity contribution in [1.82, 2.24) is 5.32 Å². The number of benzene rings is 1. The van der Waals surface area contributed by atoms with Crippen LogP contribution < -0.4 is 5.32 Å². The van der Waals surface area contributed by atoms with Crippen molar-refractivity contribution in [2.45, 2.75) is 46.3 Å². The molecule has 0 aliphatic heterocycles. The normalized spacial score (nSPS) is 12.9. The van der Waals surface area contributed by atoms with Crippen LogP contribution in [0, 0.1) is 5.92 Å². The number of ether oxygens (including phenoxy) is 1. The minimum Gasteiger partial charge on any atom is -0.448 e. The van der Waals surface area contributed by atoms with Gasteiger partial charge in [-0.2, -0.15) is 0 Å². The van der Waals surface area contributed by atoms with Gasteiger partial charge in [0.1, 0.15) is 0 Å². The molecular formula is C16H21BrClNO3. The Morgan fingerprint density at radius 3 is 2.32 bits per heavy atom. The average Bonchev–Trinajstić information content (AvgIpc) is 2.33. The van der Waals surface area contributed by atoms with Crippen molar-refractivity contribution in [3.05, 3.63) is 33.3 Å². The zero-order valence-corrected chi connectivity index (χ0v) is 15.7. The van der Waals surface area contributed by atoms with Gasteiger partial charge in [-0.05, 0) is 54.8 Å². The van der Waals surface area contributed by atoms with Crippen molar-refractivity contribution in [3.8, 4) is 0 Å². The van der Waals surface area contributed by atoms with Crippen LogP contribution in [0.4, 0.5) is 0 Å². The highest BCUT2D eigenvalue weighted by atomic mass is 79.9. The summed E-state index contributed by atoms with van der Waals surface area (Å²) in [6.45, 7) is 9.25. The van der Waals surface area contributed by atoms with Crippen LogP contribution in [-0.2, 0) is 9.53 Å². The molecular weight excluding hydrogens is 370 g/mol. The number of carbonyl (C=O) groups excluding carboxylic acids is 2. The maximum Gasteiger partial charge on any atom is 0.341 e. The summed E-state index contributed by atoms with van der Waals surface area (Å²) in [5.74, 6) is -1.10. The van der Waals surface area contributed by atoms with E-state index >= 15 is 0 Å². The van der Waals surface area contributed by atoms with Crippen LogP contribution in [0.3, 0.4) is 0 Å². The van der Waals surface area contributed by atoms with Gasteiger partial charge in [-0.15, -0.1) is 0 Å². The molecule has 1 N–H and O–H groups in total. The number of esters is 1. The second-order valence-electron chi connectivity index (χ2n) is 6.41. The van der Waals surface area contributed by atoms with Crippen molar-refractivity contribution >= 4 is 39.4 Å². The Hall–Kier alpha value is -1.07. The molecule has 4 nitrogen and oxygen atoms in total. The van der Waals surface area contributed by atoms with Crippen LogP contribution in [0.15, 0.2) is 22.7 Å². The fourth-order valence-electron chi connectivity index (χ4n) is 1.80. The summed E-state index contributed by atoms with van der Waals surface area (Å²) in [4.78, 5) is 24.7. The Morgan fingerprint density at radius 1 is 1.27 bits per heavy atom. The number of halogens is 2. The SMILES string of the molecule is CC(C)C(OC(=O)c1c(Cl)cccc1Br)C(=O)NC(C)(C)C. The van der Waals surface area contributed by atoms with Gasteiger partial charge in [0.05, 0.1) is 10.6 Å². The summed E-state index contributed by atoms with van der Waals surface area (Å²) in [5, 5.41) is 3.10. The van der Waals surface area contributed by atoms with Gasteiger partial charge in [0.25, 0.3) is 5.91 Å². The average molecular weight is 391 g/mol. The molecule has 1 aromatic carbocycles. The first-order chi connectivity index (χ1) is 10.0. The molecule has 1 atom stereocenters. The molecule has 0 saturated heterocycles. The Morgan fingerprint density at radius 2 is 1.86 bits per heavy atom. The van der Waals surface area contributed by atoms with Crippen LogP contribution in [0.1, 0.15) is 45.0 Å². The predicted molar refractivity (Wildman–Crippen MR) is 91.1 cm³/mol. The van der Waals surface area contributed by atoms with Crippen molar-refractivity contribution < 1.29 is 14.3 Å². The molecule has 0 aliphatic rings. The van der Waals surface area contributed by atoms with E-state index in [1.165, 1.54) is 0 Å². The molecule has 0 bridgehead atoms. The van der Waals surface area contributed by atoms with Crippen LogP contribution >= 0.6 is 27.5 Å².